The zero-order chi connectivity index (χ0) is 14.8. The predicted molar refractivity (Wildman–Crippen MR) is 75.5 cm³/mol. The number of nitrogens with zero attached hydrogens (tertiary/aromatic N) is 5. The summed E-state index contributed by atoms with van der Waals surface area (Å²) in [5.74, 6) is 0.485. The van der Waals surface area contributed by atoms with Crippen LogP contribution < -0.4 is 0 Å². The molecule has 0 bridgehead atoms. The summed E-state index contributed by atoms with van der Waals surface area (Å²) < 4.78 is 5.16. The van der Waals surface area contributed by atoms with Crippen LogP contribution in [0.4, 0.5) is 0 Å². The summed E-state index contributed by atoms with van der Waals surface area (Å²) in [6.45, 7) is 0. The molecule has 0 aromatic carbocycles. The predicted octanol–water partition coefficient (Wildman–Crippen LogP) is 3.37. The SMILES string of the molecule is N#Cc1cc(-c2nc(-c3ncc(Cl)cc3Cl)no2)ccn1. The summed E-state index contributed by atoms with van der Waals surface area (Å²) in [5.41, 5.74) is 1.21. The molecule has 0 N–H and O–H groups in total. The van der Waals surface area contributed by atoms with Crippen LogP contribution >= 0.6 is 23.2 Å². The molecular weight excluding hydrogens is 313 g/mol. The second-order valence-electron chi connectivity index (χ2n) is 3.95. The standard InChI is InChI=1S/C13H5Cl2N5O/c14-8-4-10(15)11(18-6-8)12-19-13(21-20-12)7-1-2-17-9(3-7)5-16/h1-4,6H. The van der Waals surface area contributed by atoms with Gasteiger partial charge in [0.15, 0.2) is 0 Å². The van der Waals surface area contributed by atoms with Crippen molar-refractivity contribution in [2.75, 3.05) is 0 Å². The van der Waals surface area contributed by atoms with E-state index in [1.807, 2.05) is 6.07 Å². The molecule has 6 nitrogen and oxygen atoms in total. The van der Waals surface area contributed by atoms with Gasteiger partial charge in [-0.2, -0.15) is 10.2 Å². The maximum atomic E-state index is 8.84. The topological polar surface area (TPSA) is 88.5 Å². The van der Waals surface area contributed by atoms with E-state index in [1.165, 1.54) is 12.4 Å². The third kappa shape index (κ3) is 2.70. The molecule has 21 heavy (non-hydrogen) atoms. The fraction of sp³-hybridized carbons (Fsp3) is 0. The Bertz CT molecular complexity index is 856. The number of rotatable bonds is 2. The van der Waals surface area contributed by atoms with Gasteiger partial charge in [0.25, 0.3) is 5.89 Å². The summed E-state index contributed by atoms with van der Waals surface area (Å²) in [5, 5.41) is 13.4. The molecule has 0 aliphatic carbocycles. The van der Waals surface area contributed by atoms with E-state index in [-0.39, 0.29) is 17.4 Å². The Balaban J connectivity index is 2.02. The molecule has 8 heteroatoms. The molecular formula is C13H5Cl2N5O. The molecule has 0 atom stereocenters. The van der Waals surface area contributed by atoms with Crippen molar-refractivity contribution in [1.82, 2.24) is 20.1 Å². The van der Waals surface area contributed by atoms with Gasteiger partial charge in [0.05, 0.1) is 10.0 Å². The molecule has 3 rings (SSSR count). The second kappa shape index (κ2) is 5.48. The highest BCUT2D eigenvalue weighted by atomic mass is 35.5. The van der Waals surface area contributed by atoms with Crippen molar-refractivity contribution in [3.8, 4) is 29.0 Å². The lowest BCUT2D eigenvalue weighted by Crippen LogP contribution is -1.88. The zero-order valence-corrected chi connectivity index (χ0v) is 11.8. The normalized spacial score (nSPS) is 10.3. The van der Waals surface area contributed by atoms with E-state index in [9.17, 15) is 0 Å². The van der Waals surface area contributed by atoms with Crippen molar-refractivity contribution in [2.45, 2.75) is 0 Å². The highest BCUT2D eigenvalue weighted by Gasteiger charge is 2.15. The zero-order valence-electron chi connectivity index (χ0n) is 10.3. The molecule has 0 aliphatic rings. The molecule has 0 saturated heterocycles. The van der Waals surface area contributed by atoms with Gasteiger partial charge in [-0.15, -0.1) is 0 Å². The lowest BCUT2D eigenvalue weighted by Gasteiger charge is -1.97. The van der Waals surface area contributed by atoms with Crippen molar-refractivity contribution in [3.05, 3.63) is 46.3 Å². The molecule has 0 spiro atoms. The van der Waals surface area contributed by atoms with E-state index in [1.54, 1.807) is 18.2 Å². The van der Waals surface area contributed by atoms with Gasteiger partial charge in [0.2, 0.25) is 5.82 Å². The quantitative estimate of drug-likeness (QED) is 0.720. The average Bonchev–Trinajstić information content (AvgIpc) is 2.97. The van der Waals surface area contributed by atoms with Gasteiger partial charge in [-0.25, -0.2) is 9.97 Å². The molecule has 0 unspecified atom stereocenters. The van der Waals surface area contributed by atoms with Crippen LogP contribution in [0.25, 0.3) is 23.0 Å². The van der Waals surface area contributed by atoms with E-state index in [0.717, 1.165) is 0 Å². The lowest BCUT2D eigenvalue weighted by molar-refractivity contribution is 0.432. The van der Waals surface area contributed by atoms with Gasteiger partial charge >= 0.3 is 0 Å². The minimum atomic E-state index is 0.238. The van der Waals surface area contributed by atoms with Crippen LogP contribution in [-0.4, -0.2) is 20.1 Å². The summed E-state index contributed by atoms with van der Waals surface area (Å²) in [4.78, 5) is 12.2. The Labute approximate surface area is 129 Å². The van der Waals surface area contributed by atoms with Crippen molar-refractivity contribution in [1.29, 1.82) is 5.26 Å². The average molecular weight is 318 g/mol. The largest absolute Gasteiger partial charge is 0.334 e. The van der Waals surface area contributed by atoms with E-state index in [0.29, 0.717) is 21.3 Å². The smallest absolute Gasteiger partial charge is 0.258 e. The van der Waals surface area contributed by atoms with Crippen LogP contribution in [0.5, 0.6) is 0 Å². The van der Waals surface area contributed by atoms with E-state index in [4.69, 9.17) is 33.0 Å². The van der Waals surface area contributed by atoms with Crippen LogP contribution in [0.2, 0.25) is 10.0 Å². The number of hydrogen-bond acceptors (Lipinski definition) is 6. The van der Waals surface area contributed by atoms with Gasteiger partial charge < -0.3 is 4.52 Å². The number of halogens is 2. The van der Waals surface area contributed by atoms with E-state index < -0.39 is 0 Å². The Hall–Kier alpha value is -2.49. The van der Waals surface area contributed by atoms with Gasteiger partial charge in [-0.3, -0.25) is 0 Å². The van der Waals surface area contributed by atoms with Crippen molar-refractivity contribution < 1.29 is 4.52 Å². The molecule has 3 aromatic rings. The monoisotopic (exact) mass is 317 g/mol. The summed E-state index contributed by atoms with van der Waals surface area (Å²) >= 11 is 11.8. The first-order valence-corrected chi connectivity index (χ1v) is 6.44. The third-order valence-electron chi connectivity index (χ3n) is 2.57. The van der Waals surface area contributed by atoms with Gasteiger partial charge in [0, 0.05) is 18.0 Å². The minimum Gasteiger partial charge on any atom is -0.334 e. The van der Waals surface area contributed by atoms with E-state index >= 15 is 0 Å². The molecule has 0 radical (unpaired) electrons. The van der Waals surface area contributed by atoms with Crippen molar-refractivity contribution in [2.24, 2.45) is 0 Å². The fourth-order valence-electron chi connectivity index (χ4n) is 1.64. The van der Waals surface area contributed by atoms with Crippen LogP contribution in [-0.2, 0) is 0 Å². The number of hydrogen-bond donors (Lipinski definition) is 0. The number of nitriles is 1. The number of aromatic nitrogens is 4. The van der Waals surface area contributed by atoms with E-state index in [2.05, 4.69) is 20.1 Å². The van der Waals surface area contributed by atoms with Crippen LogP contribution in [0.1, 0.15) is 5.69 Å². The molecule has 3 heterocycles. The first kappa shape index (κ1) is 13.5. The van der Waals surface area contributed by atoms with Crippen molar-refractivity contribution in [3.63, 3.8) is 0 Å². The Morgan fingerprint density at radius 1 is 1.19 bits per heavy atom. The summed E-state index contributed by atoms with van der Waals surface area (Å²) in [7, 11) is 0. The molecule has 0 aliphatic heterocycles. The van der Waals surface area contributed by atoms with Crippen molar-refractivity contribution >= 4 is 23.2 Å². The molecule has 3 aromatic heterocycles. The van der Waals surface area contributed by atoms with Gasteiger partial charge in [-0.05, 0) is 18.2 Å². The van der Waals surface area contributed by atoms with Gasteiger partial charge in [-0.1, -0.05) is 28.4 Å². The summed E-state index contributed by atoms with van der Waals surface area (Å²) in [6, 6.07) is 6.70. The van der Waals surface area contributed by atoms with Crippen LogP contribution in [0, 0.1) is 11.3 Å². The van der Waals surface area contributed by atoms with Crippen LogP contribution in [0.15, 0.2) is 35.1 Å². The second-order valence-corrected chi connectivity index (χ2v) is 4.79. The highest BCUT2D eigenvalue weighted by Crippen LogP contribution is 2.27. The maximum absolute atomic E-state index is 8.84. The Morgan fingerprint density at radius 3 is 2.81 bits per heavy atom. The molecule has 0 fully saturated rings. The first-order chi connectivity index (χ1) is 10.2. The lowest BCUT2D eigenvalue weighted by atomic mass is 10.2. The highest BCUT2D eigenvalue weighted by molar-refractivity contribution is 6.35. The fourth-order valence-corrected chi connectivity index (χ4v) is 2.11. The maximum Gasteiger partial charge on any atom is 0.258 e. The van der Waals surface area contributed by atoms with Gasteiger partial charge in [0.1, 0.15) is 17.5 Å². The molecule has 0 saturated carbocycles. The van der Waals surface area contributed by atoms with Crippen LogP contribution in [0.3, 0.4) is 0 Å². The molecule has 0 amide bonds. The third-order valence-corrected chi connectivity index (χ3v) is 3.06. The molecule has 102 valence electrons. The first-order valence-electron chi connectivity index (χ1n) is 5.69. The Kier molecular flexibility index (Phi) is 3.52. The summed E-state index contributed by atoms with van der Waals surface area (Å²) in [6.07, 6.45) is 2.93. The Morgan fingerprint density at radius 2 is 2.05 bits per heavy atom. The minimum absolute atomic E-state index is 0.238. The number of pyridine rings is 2.